The number of carbonyl (C=O) groups excluding carboxylic acids is 2. The van der Waals surface area contributed by atoms with Crippen LogP contribution in [0, 0.1) is 13.8 Å². The van der Waals surface area contributed by atoms with E-state index in [-0.39, 0.29) is 11.7 Å². The van der Waals surface area contributed by atoms with Crippen molar-refractivity contribution in [2.45, 2.75) is 20.0 Å². The van der Waals surface area contributed by atoms with Crippen LogP contribution in [-0.2, 0) is 11.0 Å². The first kappa shape index (κ1) is 23.5. The van der Waals surface area contributed by atoms with Crippen LogP contribution in [0.1, 0.15) is 27.2 Å². The van der Waals surface area contributed by atoms with Gasteiger partial charge < -0.3 is 9.47 Å². The Morgan fingerprint density at radius 1 is 1.06 bits per heavy atom. The van der Waals surface area contributed by atoms with Gasteiger partial charge >= 0.3 is 6.18 Å². The summed E-state index contributed by atoms with van der Waals surface area (Å²) in [6, 6.07) is 7.70. The van der Waals surface area contributed by atoms with Crippen molar-refractivity contribution in [3.05, 3.63) is 58.9 Å². The molecule has 0 saturated heterocycles. The number of alkyl halides is 3. The molecule has 0 aliphatic heterocycles. The maximum atomic E-state index is 13.7. The number of halogens is 3. The molecule has 13 heteroatoms. The third-order valence-corrected chi connectivity index (χ3v) is 4.50. The highest BCUT2D eigenvalue weighted by Gasteiger charge is 2.41. The number of benzene rings is 1. The molecule has 2 amide bonds. The third kappa shape index (κ3) is 5.56. The summed E-state index contributed by atoms with van der Waals surface area (Å²) in [5.74, 6) is -1.77. The molecule has 1 aromatic carbocycles. The highest BCUT2D eigenvalue weighted by Crippen LogP contribution is 2.33. The molecule has 3 rings (SSSR count). The summed E-state index contributed by atoms with van der Waals surface area (Å²) in [6.07, 6.45) is -4.25. The van der Waals surface area contributed by atoms with E-state index < -0.39 is 35.9 Å². The first-order valence-electron chi connectivity index (χ1n) is 9.42. The molecule has 0 aliphatic carbocycles. The molecule has 0 fully saturated rings. The van der Waals surface area contributed by atoms with E-state index in [1.54, 1.807) is 12.1 Å². The molecule has 3 aromatic rings. The van der Waals surface area contributed by atoms with E-state index in [0.29, 0.717) is 16.6 Å². The zero-order valence-electron chi connectivity index (χ0n) is 17.7. The Balaban J connectivity index is 1.69. The maximum absolute atomic E-state index is 13.7. The van der Waals surface area contributed by atoms with Crippen molar-refractivity contribution in [2.75, 3.05) is 13.7 Å². The smallest absolute Gasteiger partial charge is 0.434 e. The summed E-state index contributed by atoms with van der Waals surface area (Å²) in [7, 11) is 1.32. The molecular weight excluding hydrogens is 445 g/mol. The largest absolute Gasteiger partial charge is 0.484 e. The molecule has 2 aromatic heterocycles. The Kier molecular flexibility index (Phi) is 6.80. The number of ether oxygens (including phenoxy) is 2. The number of hydrazine groups is 1. The highest BCUT2D eigenvalue weighted by atomic mass is 19.4. The van der Waals surface area contributed by atoms with Crippen molar-refractivity contribution in [3.8, 4) is 17.4 Å². The molecule has 0 spiro atoms. The number of hydrogen-bond acceptors (Lipinski definition) is 7. The number of aryl methyl sites for hydroxylation is 2. The molecule has 10 nitrogen and oxygen atoms in total. The summed E-state index contributed by atoms with van der Waals surface area (Å²) in [5, 5.41) is 10.8. The molecule has 0 bridgehead atoms. The SMILES string of the molecule is COc1ccc(-n2ncc(C(=O)NNC(=O)COc3ccc(C)c(C)c3)c2C(F)(F)F)nn1. The van der Waals surface area contributed by atoms with Crippen molar-refractivity contribution < 1.29 is 32.2 Å². The van der Waals surface area contributed by atoms with Crippen LogP contribution in [0.15, 0.2) is 36.5 Å². The lowest BCUT2D eigenvalue weighted by atomic mass is 10.1. The third-order valence-electron chi connectivity index (χ3n) is 4.50. The minimum atomic E-state index is -4.96. The second-order valence-corrected chi connectivity index (χ2v) is 6.79. The number of aromatic nitrogens is 4. The van der Waals surface area contributed by atoms with Crippen LogP contribution in [0.4, 0.5) is 13.2 Å². The Hall–Kier alpha value is -4.16. The summed E-state index contributed by atoms with van der Waals surface area (Å²) in [4.78, 5) is 24.3. The molecular formula is C20H19F3N6O4. The van der Waals surface area contributed by atoms with Crippen LogP contribution < -0.4 is 20.3 Å². The Morgan fingerprint density at radius 3 is 2.42 bits per heavy atom. The second-order valence-electron chi connectivity index (χ2n) is 6.79. The van der Waals surface area contributed by atoms with Gasteiger partial charge in [-0.05, 0) is 43.2 Å². The number of carbonyl (C=O) groups is 2. The first-order valence-corrected chi connectivity index (χ1v) is 9.42. The fourth-order valence-corrected chi connectivity index (χ4v) is 2.68. The van der Waals surface area contributed by atoms with Gasteiger partial charge in [0.05, 0.1) is 18.9 Å². The molecule has 2 N–H and O–H groups in total. The van der Waals surface area contributed by atoms with Crippen molar-refractivity contribution in [2.24, 2.45) is 0 Å². The molecule has 33 heavy (non-hydrogen) atoms. The van der Waals surface area contributed by atoms with E-state index in [1.165, 1.54) is 19.2 Å². The number of methoxy groups -OCH3 is 1. The van der Waals surface area contributed by atoms with Gasteiger partial charge in [-0.2, -0.15) is 18.3 Å². The fourth-order valence-electron chi connectivity index (χ4n) is 2.68. The molecule has 0 aliphatic rings. The van der Waals surface area contributed by atoms with Crippen molar-refractivity contribution in [1.29, 1.82) is 0 Å². The summed E-state index contributed by atoms with van der Waals surface area (Å²) >= 11 is 0. The normalized spacial score (nSPS) is 11.1. The van der Waals surface area contributed by atoms with Gasteiger partial charge in [-0.15, -0.1) is 10.2 Å². The predicted molar refractivity (Wildman–Crippen MR) is 108 cm³/mol. The Bertz CT molecular complexity index is 1160. The average molecular weight is 464 g/mol. The van der Waals surface area contributed by atoms with Crippen LogP contribution in [0.5, 0.6) is 11.6 Å². The van der Waals surface area contributed by atoms with Crippen LogP contribution >= 0.6 is 0 Å². The summed E-state index contributed by atoms with van der Waals surface area (Å²) < 4.78 is 51.6. The number of amides is 2. The van der Waals surface area contributed by atoms with Gasteiger partial charge in [0, 0.05) is 6.07 Å². The van der Waals surface area contributed by atoms with Gasteiger partial charge in [0.15, 0.2) is 18.1 Å². The van der Waals surface area contributed by atoms with Gasteiger partial charge in [-0.1, -0.05) is 6.07 Å². The monoisotopic (exact) mass is 464 g/mol. The van der Waals surface area contributed by atoms with E-state index >= 15 is 0 Å². The van der Waals surface area contributed by atoms with Crippen LogP contribution in [-0.4, -0.2) is 45.5 Å². The van der Waals surface area contributed by atoms with Crippen LogP contribution in [0.3, 0.4) is 0 Å². The molecule has 0 atom stereocenters. The van der Waals surface area contributed by atoms with E-state index in [2.05, 4.69) is 15.3 Å². The van der Waals surface area contributed by atoms with Gasteiger partial charge in [0.1, 0.15) is 5.75 Å². The standard InChI is InChI=1S/C20H19F3N6O4/c1-11-4-5-13(8-12(11)2)33-10-16(30)26-28-19(31)14-9-24-29(18(14)20(21,22)23)15-6-7-17(32-3)27-25-15/h4-9H,10H2,1-3H3,(H,26,30)(H,28,31). The number of nitrogens with zero attached hydrogens (tertiary/aromatic N) is 4. The molecule has 2 heterocycles. The molecule has 0 saturated carbocycles. The van der Waals surface area contributed by atoms with Gasteiger partial charge in [-0.25, -0.2) is 4.68 Å². The topological polar surface area (TPSA) is 120 Å². The zero-order chi connectivity index (χ0) is 24.2. The van der Waals surface area contributed by atoms with Crippen LogP contribution in [0.25, 0.3) is 5.82 Å². The number of hydrogen-bond donors (Lipinski definition) is 2. The van der Waals surface area contributed by atoms with Crippen molar-refractivity contribution in [3.63, 3.8) is 0 Å². The minimum absolute atomic E-state index is 0.0863. The summed E-state index contributed by atoms with van der Waals surface area (Å²) in [6.45, 7) is 3.33. The number of nitrogens with one attached hydrogen (secondary N) is 2. The maximum Gasteiger partial charge on any atom is 0.434 e. The molecule has 174 valence electrons. The lowest BCUT2D eigenvalue weighted by Gasteiger charge is -2.13. The lowest BCUT2D eigenvalue weighted by Crippen LogP contribution is -2.44. The van der Waals surface area contributed by atoms with E-state index in [9.17, 15) is 22.8 Å². The quantitative estimate of drug-likeness (QED) is 0.537. The lowest BCUT2D eigenvalue weighted by molar-refractivity contribution is -0.143. The predicted octanol–water partition coefficient (Wildman–Crippen LogP) is 2.15. The minimum Gasteiger partial charge on any atom is -0.484 e. The Labute approximate surface area is 185 Å². The van der Waals surface area contributed by atoms with E-state index in [0.717, 1.165) is 11.1 Å². The molecule has 0 unspecified atom stereocenters. The van der Waals surface area contributed by atoms with Gasteiger partial charge in [0.2, 0.25) is 5.88 Å². The second kappa shape index (κ2) is 9.54. The van der Waals surface area contributed by atoms with E-state index in [4.69, 9.17) is 9.47 Å². The highest BCUT2D eigenvalue weighted by molar-refractivity contribution is 5.96. The van der Waals surface area contributed by atoms with Gasteiger partial charge in [-0.3, -0.25) is 20.4 Å². The van der Waals surface area contributed by atoms with Crippen LogP contribution in [0.2, 0.25) is 0 Å². The van der Waals surface area contributed by atoms with Crippen molar-refractivity contribution >= 4 is 11.8 Å². The van der Waals surface area contributed by atoms with E-state index in [1.807, 2.05) is 30.8 Å². The average Bonchev–Trinajstić information content (AvgIpc) is 3.24. The molecule has 0 radical (unpaired) electrons. The van der Waals surface area contributed by atoms with Crippen molar-refractivity contribution in [1.82, 2.24) is 30.8 Å². The number of rotatable bonds is 6. The zero-order valence-corrected chi connectivity index (χ0v) is 17.7. The van der Waals surface area contributed by atoms with Gasteiger partial charge in [0.25, 0.3) is 11.8 Å². The summed E-state index contributed by atoms with van der Waals surface area (Å²) in [5.41, 5.74) is 3.72. The Morgan fingerprint density at radius 2 is 1.82 bits per heavy atom. The first-order chi connectivity index (χ1) is 15.6. The fraction of sp³-hybridized carbons (Fsp3) is 0.250.